The zero-order chi connectivity index (χ0) is 16.5. The molecule has 0 fully saturated rings. The van der Waals surface area contributed by atoms with Crippen LogP contribution >= 0.6 is 0 Å². The van der Waals surface area contributed by atoms with E-state index >= 15 is 0 Å². The van der Waals surface area contributed by atoms with Crippen LogP contribution in [0.15, 0.2) is 48.5 Å². The first-order valence-electron chi connectivity index (χ1n) is 8.79. The number of nitrogens with two attached hydrogens (primary N) is 1. The van der Waals surface area contributed by atoms with Gasteiger partial charge in [0.1, 0.15) is 0 Å². The molecule has 0 aromatic heterocycles. The SMILES string of the molecule is CCCCN(CCc1ccc(C)cc1)CCc1cccc(N)c1. The van der Waals surface area contributed by atoms with Gasteiger partial charge in [-0.2, -0.15) is 0 Å². The summed E-state index contributed by atoms with van der Waals surface area (Å²) in [6.45, 7) is 7.82. The molecule has 2 N–H and O–H groups in total. The first-order valence-corrected chi connectivity index (χ1v) is 8.79. The van der Waals surface area contributed by atoms with E-state index in [2.05, 4.69) is 55.1 Å². The molecule has 0 heterocycles. The van der Waals surface area contributed by atoms with Crippen molar-refractivity contribution >= 4 is 5.69 Å². The van der Waals surface area contributed by atoms with E-state index in [-0.39, 0.29) is 0 Å². The summed E-state index contributed by atoms with van der Waals surface area (Å²) in [5, 5.41) is 0. The fourth-order valence-electron chi connectivity index (χ4n) is 2.79. The number of nitrogens with zero attached hydrogens (tertiary/aromatic N) is 1. The molecule has 2 aromatic carbocycles. The molecule has 0 aliphatic heterocycles. The quantitative estimate of drug-likeness (QED) is 0.693. The summed E-state index contributed by atoms with van der Waals surface area (Å²) in [4.78, 5) is 2.59. The predicted molar refractivity (Wildman–Crippen MR) is 101 cm³/mol. The predicted octanol–water partition coefficient (Wildman–Crippen LogP) is 4.46. The van der Waals surface area contributed by atoms with Gasteiger partial charge in [0.05, 0.1) is 0 Å². The third-order valence-electron chi connectivity index (χ3n) is 4.33. The number of nitrogen functional groups attached to an aromatic ring is 1. The van der Waals surface area contributed by atoms with Crippen molar-refractivity contribution in [2.75, 3.05) is 25.4 Å². The second-order valence-electron chi connectivity index (χ2n) is 6.43. The number of benzene rings is 2. The minimum Gasteiger partial charge on any atom is -0.399 e. The van der Waals surface area contributed by atoms with Gasteiger partial charge in [0.25, 0.3) is 0 Å². The van der Waals surface area contributed by atoms with Crippen LogP contribution < -0.4 is 5.73 Å². The lowest BCUT2D eigenvalue weighted by Gasteiger charge is -2.22. The Kier molecular flexibility index (Phi) is 7.15. The van der Waals surface area contributed by atoms with Crippen LogP contribution in [0.3, 0.4) is 0 Å². The number of aryl methyl sites for hydroxylation is 1. The monoisotopic (exact) mass is 310 g/mol. The third kappa shape index (κ3) is 6.45. The number of hydrogen-bond acceptors (Lipinski definition) is 2. The summed E-state index contributed by atoms with van der Waals surface area (Å²) in [6, 6.07) is 17.2. The van der Waals surface area contributed by atoms with Gasteiger partial charge < -0.3 is 10.6 Å². The smallest absolute Gasteiger partial charge is 0.0316 e. The molecule has 23 heavy (non-hydrogen) atoms. The summed E-state index contributed by atoms with van der Waals surface area (Å²) in [7, 11) is 0. The van der Waals surface area contributed by atoms with E-state index < -0.39 is 0 Å². The highest BCUT2D eigenvalue weighted by molar-refractivity contribution is 5.40. The van der Waals surface area contributed by atoms with Crippen LogP contribution in [0.2, 0.25) is 0 Å². The molecule has 2 nitrogen and oxygen atoms in total. The molecule has 2 heteroatoms. The molecule has 0 amide bonds. The van der Waals surface area contributed by atoms with E-state index in [4.69, 9.17) is 5.73 Å². The maximum atomic E-state index is 5.88. The Morgan fingerprint density at radius 2 is 1.57 bits per heavy atom. The Bertz CT molecular complexity index is 575. The maximum absolute atomic E-state index is 5.88. The van der Waals surface area contributed by atoms with Gasteiger partial charge in [-0.15, -0.1) is 0 Å². The number of unbranched alkanes of at least 4 members (excludes halogenated alkanes) is 1. The van der Waals surface area contributed by atoms with E-state index in [1.165, 1.54) is 36.1 Å². The van der Waals surface area contributed by atoms with Gasteiger partial charge in [0.2, 0.25) is 0 Å². The summed E-state index contributed by atoms with van der Waals surface area (Å²) in [6.07, 6.45) is 4.72. The number of rotatable bonds is 9. The molecular weight excluding hydrogens is 280 g/mol. The molecule has 2 aromatic rings. The fraction of sp³-hybridized carbons (Fsp3) is 0.429. The van der Waals surface area contributed by atoms with Gasteiger partial charge in [-0.1, -0.05) is 55.3 Å². The summed E-state index contributed by atoms with van der Waals surface area (Å²) in [5.74, 6) is 0. The lowest BCUT2D eigenvalue weighted by Crippen LogP contribution is -2.29. The third-order valence-corrected chi connectivity index (χ3v) is 4.33. The van der Waals surface area contributed by atoms with Crippen molar-refractivity contribution < 1.29 is 0 Å². The maximum Gasteiger partial charge on any atom is 0.0316 e. The summed E-state index contributed by atoms with van der Waals surface area (Å²) in [5.41, 5.74) is 10.8. The van der Waals surface area contributed by atoms with Crippen LogP contribution in [0.1, 0.15) is 36.5 Å². The Morgan fingerprint density at radius 1 is 0.870 bits per heavy atom. The minimum atomic E-state index is 0.863. The molecular formula is C21H30N2. The van der Waals surface area contributed by atoms with E-state index in [9.17, 15) is 0 Å². The molecule has 0 bridgehead atoms. The van der Waals surface area contributed by atoms with E-state index in [1.54, 1.807) is 0 Å². The van der Waals surface area contributed by atoms with Crippen LogP contribution in [0, 0.1) is 6.92 Å². The molecule has 0 saturated carbocycles. The Labute approximate surface area is 141 Å². The molecule has 0 atom stereocenters. The molecule has 0 aliphatic rings. The van der Waals surface area contributed by atoms with Gasteiger partial charge in [0.15, 0.2) is 0 Å². The van der Waals surface area contributed by atoms with Crippen molar-refractivity contribution in [3.63, 3.8) is 0 Å². The highest BCUT2D eigenvalue weighted by atomic mass is 15.1. The highest BCUT2D eigenvalue weighted by Gasteiger charge is 2.06. The first-order chi connectivity index (χ1) is 11.2. The van der Waals surface area contributed by atoms with Crippen molar-refractivity contribution in [1.29, 1.82) is 0 Å². The van der Waals surface area contributed by atoms with Crippen molar-refractivity contribution in [1.82, 2.24) is 4.90 Å². The standard InChI is InChI=1S/C21H30N2/c1-3-4-14-23(15-12-19-10-8-18(2)9-11-19)16-13-20-6-5-7-21(22)17-20/h5-11,17H,3-4,12-16,22H2,1-2H3. The Hall–Kier alpha value is -1.80. The Morgan fingerprint density at radius 3 is 2.22 bits per heavy atom. The molecule has 2 rings (SSSR count). The topological polar surface area (TPSA) is 29.3 Å². The zero-order valence-corrected chi connectivity index (χ0v) is 14.6. The summed E-state index contributed by atoms with van der Waals surface area (Å²) >= 11 is 0. The molecule has 0 saturated heterocycles. The van der Waals surface area contributed by atoms with E-state index in [0.717, 1.165) is 31.6 Å². The average molecular weight is 310 g/mol. The average Bonchev–Trinajstić information content (AvgIpc) is 2.56. The van der Waals surface area contributed by atoms with Gasteiger partial charge in [0, 0.05) is 18.8 Å². The number of hydrogen-bond donors (Lipinski definition) is 1. The molecule has 0 radical (unpaired) electrons. The van der Waals surface area contributed by atoms with Crippen LogP contribution in [0.5, 0.6) is 0 Å². The van der Waals surface area contributed by atoms with Crippen molar-refractivity contribution in [3.05, 3.63) is 65.2 Å². The van der Waals surface area contributed by atoms with Crippen molar-refractivity contribution in [2.24, 2.45) is 0 Å². The Balaban J connectivity index is 1.86. The molecule has 0 unspecified atom stereocenters. The van der Waals surface area contributed by atoms with Crippen LogP contribution in [0.4, 0.5) is 5.69 Å². The lowest BCUT2D eigenvalue weighted by molar-refractivity contribution is 0.276. The van der Waals surface area contributed by atoms with Crippen LogP contribution in [-0.4, -0.2) is 24.5 Å². The number of anilines is 1. The van der Waals surface area contributed by atoms with E-state index in [1.807, 2.05) is 12.1 Å². The molecule has 0 aliphatic carbocycles. The second-order valence-corrected chi connectivity index (χ2v) is 6.43. The minimum absolute atomic E-state index is 0.863. The van der Waals surface area contributed by atoms with Crippen molar-refractivity contribution in [2.45, 2.75) is 39.5 Å². The normalized spacial score (nSPS) is 11.1. The van der Waals surface area contributed by atoms with Crippen LogP contribution in [-0.2, 0) is 12.8 Å². The largest absolute Gasteiger partial charge is 0.399 e. The lowest BCUT2D eigenvalue weighted by atomic mass is 10.1. The van der Waals surface area contributed by atoms with Gasteiger partial charge in [-0.3, -0.25) is 0 Å². The van der Waals surface area contributed by atoms with Crippen molar-refractivity contribution in [3.8, 4) is 0 Å². The van der Waals surface area contributed by atoms with Gasteiger partial charge >= 0.3 is 0 Å². The summed E-state index contributed by atoms with van der Waals surface area (Å²) < 4.78 is 0. The van der Waals surface area contributed by atoms with Crippen LogP contribution in [0.25, 0.3) is 0 Å². The van der Waals surface area contributed by atoms with Gasteiger partial charge in [-0.25, -0.2) is 0 Å². The molecule has 124 valence electrons. The zero-order valence-electron chi connectivity index (χ0n) is 14.6. The highest BCUT2D eigenvalue weighted by Crippen LogP contribution is 2.10. The van der Waals surface area contributed by atoms with E-state index in [0.29, 0.717) is 0 Å². The first kappa shape index (κ1) is 17.6. The van der Waals surface area contributed by atoms with Gasteiger partial charge in [-0.05, 0) is 56.0 Å². The molecule has 0 spiro atoms. The second kappa shape index (κ2) is 9.36. The fourth-order valence-corrected chi connectivity index (χ4v) is 2.79.